The summed E-state index contributed by atoms with van der Waals surface area (Å²) in [6.45, 7) is 0.965. The molecule has 1 fully saturated rings. The molecule has 1 atom stereocenters. The average Bonchev–Trinajstić information content (AvgIpc) is 3.48. The van der Waals surface area contributed by atoms with Gasteiger partial charge in [-0.25, -0.2) is 4.68 Å². The van der Waals surface area contributed by atoms with Crippen LogP contribution < -0.4 is 4.90 Å². The number of para-hydroxylation sites is 1. The number of tetrazole rings is 1. The van der Waals surface area contributed by atoms with Crippen molar-refractivity contribution in [3.8, 4) is 0 Å². The Labute approximate surface area is 181 Å². The molecule has 2 aromatic carbocycles. The van der Waals surface area contributed by atoms with Crippen molar-refractivity contribution in [2.24, 2.45) is 0 Å². The van der Waals surface area contributed by atoms with E-state index in [9.17, 15) is 0 Å². The number of hydrogen-bond donors (Lipinski definition) is 0. The minimum atomic E-state index is -0.0230. The summed E-state index contributed by atoms with van der Waals surface area (Å²) in [5.74, 6) is 0.951. The fourth-order valence-corrected chi connectivity index (χ4v) is 5.33. The maximum absolute atomic E-state index is 4.61. The molecule has 0 spiro atoms. The fraction of sp³-hybridized carbons (Fsp3) is 0.360. The van der Waals surface area contributed by atoms with Gasteiger partial charge >= 0.3 is 0 Å². The van der Waals surface area contributed by atoms with Crippen molar-refractivity contribution in [2.45, 2.75) is 50.6 Å². The molecular weight excluding hydrogens is 384 g/mol. The van der Waals surface area contributed by atoms with Crippen LogP contribution >= 0.6 is 0 Å². The Balaban J connectivity index is 1.50. The Morgan fingerprint density at radius 3 is 2.77 bits per heavy atom. The Kier molecular flexibility index (Phi) is 4.63. The van der Waals surface area contributed by atoms with E-state index in [2.05, 4.69) is 78.6 Å². The maximum atomic E-state index is 4.61. The first-order valence-electron chi connectivity index (χ1n) is 11.4. The van der Waals surface area contributed by atoms with Gasteiger partial charge in [0.05, 0.1) is 11.6 Å². The number of fused-ring (bicyclic) bond motifs is 2. The van der Waals surface area contributed by atoms with Gasteiger partial charge in [0.15, 0.2) is 5.82 Å². The highest BCUT2D eigenvalue weighted by atomic mass is 15.6. The van der Waals surface area contributed by atoms with Gasteiger partial charge < -0.3 is 4.90 Å². The van der Waals surface area contributed by atoms with Crippen molar-refractivity contribution < 1.29 is 0 Å². The van der Waals surface area contributed by atoms with Gasteiger partial charge in [0, 0.05) is 23.8 Å². The Morgan fingerprint density at radius 1 is 0.935 bits per heavy atom. The number of benzene rings is 2. The number of nitrogens with zero attached hydrogens (tertiary/aromatic N) is 6. The first-order valence-corrected chi connectivity index (χ1v) is 11.4. The summed E-state index contributed by atoms with van der Waals surface area (Å²) in [6, 6.07) is 19.8. The molecule has 0 radical (unpaired) electrons. The molecule has 4 aromatic rings. The Hall–Kier alpha value is -3.28. The van der Waals surface area contributed by atoms with Gasteiger partial charge in [-0.2, -0.15) is 0 Å². The van der Waals surface area contributed by atoms with Crippen molar-refractivity contribution >= 4 is 16.6 Å². The smallest absolute Gasteiger partial charge is 0.178 e. The summed E-state index contributed by atoms with van der Waals surface area (Å²) >= 11 is 0. The number of hydrogen-bond acceptors (Lipinski definition) is 5. The van der Waals surface area contributed by atoms with Crippen molar-refractivity contribution in [2.75, 3.05) is 11.4 Å². The summed E-state index contributed by atoms with van der Waals surface area (Å²) in [5, 5.41) is 14.4. The highest BCUT2D eigenvalue weighted by molar-refractivity contribution is 5.79. The van der Waals surface area contributed by atoms with Gasteiger partial charge in [-0.3, -0.25) is 4.98 Å². The van der Waals surface area contributed by atoms with E-state index in [0.29, 0.717) is 6.04 Å². The molecule has 0 amide bonds. The first-order chi connectivity index (χ1) is 15.4. The zero-order chi connectivity index (χ0) is 20.6. The molecule has 6 heteroatoms. The average molecular weight is 411 g/mol. The van der Waals surface area contributed by atoms with Crippen LogP contribution in [0.2, 0.25) is 0 Å². The summed E-state index contributed by atoms with van der Waals surface area (Å²) in [5.41, 5.74) is 4.91. The van der Waals surface area contributed by atoms with Gasteiger partial charge in [-0.15, -0.1) is 5.10 Å². The molecule has 0 bridgehead atoms. The number of anilines is 1. The van der Waals surface area contributed by atoms with E-state index < -0.39 is 0 Å². The molecule has 1 aliphatic carbocycles. The van der Waals surface area contributed by atoms with Crippen molar-refractivity contribution in [3.63, 3.8) is 0 Å². The number of aromatic nitrogens is 5. The highest BCUT2D eigenvalue weighted by Crippen LogP contribution is 2.40. The van der Waals surface area contributed by atoms with E-state index in [1.165, 1.54) is 36.1 Å². The van der Waals surface area contributed by atoms with Crippen molar-refractivity contribution in [3.05, 3.63) is 77.7 Å². The molecule has 6 rings (SSSR count). The van der Waals surface area contributed by atoms with Gasteiger partial charge in [0.1, 0.15) is 6.04 Å². The van der Waals surface area contributed by atoms with Crippen molar-refractivity contribution in [1.29, 1.82) is 0 Å². The predicted octanol–water partition coefficient (Wildman–Crippen LogP) is 4.88. The molecule has 0 N–H and O–H groups in total. The summed E-state index contributed by atoms with van der Waals surface area (Å²) in [4.78, 5) is 6.99. The number of rotatable bonds is 4. The Morgan fingerprint density at radius 2 is 1.84 bits per heavy atom. The Bertz CT molecular complexity index is 1210. The zero-order valence-electron chi connectivity index (χ0n) is 17.6. The first kappa shape index (κ1) is 18.5. The molecular formula is C25H26N6. The van der Waals surface area contributed by atoms with Gasteiger partial charge in [-0.1, -0.05) is 49.6 Å². The normalized spacial score (nSPS) is 17.7. The third kappa shape index (κ3) is 3.26. The second-order valence-electron chi connectivity index (χ2n) is 8.70. The minimum Gasteiger partial charge on any atom is -0.357 e. The van der Waals surface area contributed by atoms with Gasteiger partial charge in [-0.05, 0) is 65.1 Å². The van der Waals surface area contributed by atoms with Crippen LogP contribution in [0.4, 0.5) is 5.69 Å². The molecule has 2 aromatic heterocycles. The van der Waals surface area contributed by atoms with Crippen LogP contribution in [-0.4, -0.2) is 31.7 Å². The summed E-state index contributed by atoms with van der Waals surface area (Å²) < 4.78 is 2.12. The standard InChI is InChI=1S/C25H26N6/c1-2-9-21(10-3-1)31-25(27-28-29-31)24(30-16-14-18-7-4-5-11-23(18)30)20-12-13-22-19(17-20)8-6-15-26-22/h4-8,11-13,15,17,21,24H,1-3,9-10,14,16H2/t24-/m1/s1. The maximum Gasteiger partial charge on any atom is 0.178 e. The molecule has 1 aliphatic heterocycles. The molecule has 0 saturated heterocycles. The molecule has 6 nitrogen and oxygen atoms in total. The fourth-order valence-electron chi connectivity index (χ4n) is 5.33. The van der Waals surface area contributed by atoms with Crippen LogP contribution in [0.25, 0.3) is 10.9 Å². The van der Waals surface area contributed by atoms with Crippen LogP contribution in [0.15, 0.2) is 60.8 Å². The molecule has 2 aliphatic rings. The topological polar surface area (TPSA) is 59.7 Å². The van der Waals surface area contributed by atoms with Crippen LogP contribution in [0.3, 0.4) is 0 Å². The third-order valence-corrected chi connectivity index (χ3v) is 6.86. The van der Waals surface area contributed by atoms with E-state index in [1.807, 2.05) is 12.3 Å². The third-order valence-electron chi connectivity index (χ3n) is 6.86. The van der Waals surface area contributed by atoms with Crippen LogP contribution in [0.5, 0.6) is 0 Å². The van der Waals surface area contributed by atoms with E-state index in [4.69, 9.17) is 0 Å². The number of pyridine rings is 1. The van der Waals surface area contributed by atoms with Crippen LogP contribution in [0.1, 0.15) is 61.1 Å². The lowest BCUT2D eigenvalue weighted by atomic mass is 9.95. The lowest BCUT2D eigenvalue weighted by molar-refractivity contribution is 0.313. The predicted molar refractivity (Wildman–Crippen MR) is 121 cm³/mol. The lowest BCUT2D eigenvalue weighted by Crippen LogP contribution is -2.31. The monoisotopic (exact) mass is 410 g/mol. The highest BCUT2D eigenvalue weighted by Gasteiger charge is 2.34. The largest absolute Gasteiger partial charge is 0.357 e. The second-order valence-corrected chi connectivity index (χ2v) is 8.70. The lowest BCUT2D eigenvalue weighted by Gasteiger charge is -2.32. The SMILES string of the molecule is c1ccc2c(c1)CCN2[C@H](c1ccc2ncccc2c1)c1nnnn1C1CCCCC1. The molecule has 1 saturated carbocycles. The second kappa shape index (κ2) is 7.76. The van der Waals surface area contributed by atoms with Crippen molar-refractivity contribution in [1.82, 2.24) is 25.2 Å². The van der Waals surface area contributed by atoms with Crippen LogP contribution in [0, 0.1) is 0 Å². The van der Waals surface area contributed by atoms with E-state index >= 15 is 0 Å². The van der Waals surface area contributed by atoms with Gasteiger partial charge in [0.2, 0.25) is 0 Å². The van der Waals surface area contributed by atoms with E-state index in [1.54, 1.807) is 0 Å². The molecule has 156 valence electrons. The van der Waals surface area contributed by atoms with Gasteiger partial charge in [0.25, 0.3) is 0 Å². The van der Waals surface area contributed by atoms with E-state index in [0.717, 1.165) is 42.5 Å². The summed E-state index contributed by atoms with van der Waals surface area (Å²) in [6.07, 6.45) is 9.03. The minimum absolute atomic E-state index is 0.0230. The summed E-state index contributed by atoms with van der Waals surface area (Å²) in [7, 11) is 0. The van der Waals surface area contributed by atoms with E-state index in [-0.39, 0.29) is 6.04 Å². The molecule has 0 unspecified atom stereocenters. The molecule has 31 heavy (non-hydrogen) atoms. The van der Waals surface area contributed by atoms with Crippen LogP contribution in [-0.2, 0) is 6.42 Å². The quantitative estimate of drug-likeness (QED) is 0.480. The molecule has 3 heterocycles. The zero-order valence-corrected chi connectivity index (χ0v) is 17.6.